The number of amides is 1. The van der Waals surface area contributed by atoms with Crippen LogP contribution < -0.4 is 5.32 Å². The number of rotatable bonds is 4. The summed E-state index contributed by atoms with van der Waals surface area (Å²) in [4.78, 5) is 22.8. The molecule has 0 heterocycles. The van der Waals surface area contributed by atoms with Gasteiger partial charge in [0.25, 0.3) is 0 Å². The van der Waals surface area contributed by atoms with E-state index in [4.69, 9.17) is 5.11 Å². The zero-order chi connectivity index (χ0) is 13.8. The standard InChI is InChI=1S/C15H19NO3/c1-10-2-4-11(5-3-10)9-16-14(17)12-6-7-13(8-12)15(18)19/h2-5,12-13H,6-9H2,1H3,(H,16,17)(H,18,19). The molecule has 19 heavy (non-hydrogen) atoms. The predicted molar refractivity (Wildman–Crippen MR) is 71.5 cm³/mol. The zero-order valence-corrected chi connectivity index (χ0v) is 11.1. The highest BCUT2D eigenvalue weighted by molar-refractivity contribution is 5.80. The summed E-state index contributed by atoms with van der Waals surface area (Å²) in [6.07, 6.45) is 1.75. The van der Waals surface area contributed by atoms with E-state index >= 15 is 0 Å². The maximum atomic E-state index is 11.9. The molecule has 0 spiro atoms. The summed E-state index contributed by atoms with van der Waals surface area (Å²) < 4.78 is 0. The maximum Gasteiger partial charge on any atom is 0.306 e. The average Bonchev–Trinajstić information content (AvgIpc) is 2.87. The van der Waals surface area contributed by atoms with Crippen molar-refractivity contribution in [2.75, 3.05) is 0 Å². The van der Waals surface area contributed by atoms with Gasteiger partial charge >= 0.3 is 5.97 Å². The summed E-state index contributed by atoms with van der Waals surface area (Å²) in [6.45, 7) is 2.53. The third kappa shape index (κ3) is 3.56. The molecule has 0 aromatic heterocycles. The molecule has 0 saturated heterocycles. The molecule has 2 atom stereocenters. The summed E-state index contributed by atoms with van der Waals surface area (Å²) in [6, 6.07) is 8.00. The first-order valence-corrected chi connectivity index (χ1v) is 6.62. The van der Waals surface area contributed by atoms with Crippen LogP contribution in [0.1, 0.15) is 30.4 Å². The second-order valence-electron chi connectivity index (χ2n) is 5.25. The minimum atomic E-state index is -0.783. The molecule has 1 aromatic rings. The molecule has 1 saturated carbocycles. The molecule has 2 N–H and O–H groups in total. The molecule has 1 aromatic carbocycles. The van der Waals surface area contributed by atoms with E-state index in [2.05, 4.69) is 5.32 Å². The van der Waals surface area contributed by atoms with Crippen LogP contribution >= 0.6 is 0 Å². The molecule has 1 amide bonds. The van der Waals surface area contributed by atoms with E-state index in [9.17, 15) is 9.59 Å². The Hall–Kier alpha value is -1.84. The van der Waals surface area contributed by atoms with E-state index in [1.165, 1.54) is 5.56 Å². The highest BCUT2D eigenvalue weighted by atomic mass is 16.4. The number of hydrogen-bond acceptors (Lipinski definition) is 2. The Morgan fingerprint density at radius 1 is 1.21 bits per heavy atom. The molecule has 1 aliphatic carbocycles. The van der Waals surface area contributed by atoms with Gasteiger partial charge in [0.2, 0.25) is 5.91 Å². The molecular formula is C15H19NO3. The normalized spacial score (nSPS) is 22.2. The summed E-state index contributed by atoms with van der Waals surface area (Å²) in [5.41, 5.74) is 2.25. The summed E-state index contributed by atoms with van der Waals surface area (Å²) >= 11 is 0. The van der Waals surface area contributed by atoms with Crippen LogP contribution in [0.5, 0.6) is 0 Å². The van der Waals surface area contributed by atoms with Crippen LogP contribution in [0.3, 0.4) is 0 Å². The molecular weight excluding hydrogens is 242 g/mol. The third-order valence-electron chi connectivity index (χ3n) is 3.74. The van der Waals surface area contributed by atoms with Gasteiger partial charge in [-0.05, 0) is 31.7 Å². The molecule has 4 nitrogen and oxygen atoms in total. The van der Waals surface area contributed by atoms with Gasteiger partial charge in [-0.15, -0.1) is 0 Å². The number of carboxylic acid groups (broad SMARTS) is 1. The van der Waals surface area contributed by atoms with E-state index in [1.807, 2.05) is 31.2 Å². The Bertz CT molecular complexity index is 467. The summed E-state index contributed by atoms with van der Waals surface area (Å²) in [5.74, 6) is -1.31. The first kappa shape index (κ1) is 13.6. The highest BCUT2D eigenvalue weighted by Crippen LogP contribution is 2.31. The van der Waals surface area contributed by atoms with Crippen molar-refractivity contribution in [3.63, 3.8) is 0 Å². The van der Waals surface area contributed by atoms with Crippen LogP contribution in [0.4, 0.5) is 0 Å². The van der Waals surface area contributed by atoms with Gasteiger partial charge in [0, 0.05) is 12.5 Å². The largest absolute Gasteiger partial charge is 0.481 e. The van der Waals surface area contributed by atoms with Crippen LogP contribution in [0.2, 0.25) is 0 Å². The molecule has 0 aliphatic heterocycles. The fourth-order valence-electron chi connectivity index (χ4n) is 2.48. The van der Waals surface area contributed by atoms with Crippen LogP contribution in [-0.2, 0) is 16.1 Å². The molecule has 0 bridgehead atoms. The number of aliphatic carboxylic acids is 1. The van der Waals surface area contributed by atoms with E-state index in [0.717, 1.165) is 5.56 Å². The second kappa shape index (κ2) is 5.87. The fourth-order valence-corrected chi connectivity index (χ4v) is 2.48. The lowest BCUT2D eigenvalue weighted by Gasteiger charge is -2.11. The van der Waals surface area contributed by atoms with E-state index in [0.29, 0.717) is 25.8 Å². The van der Waals surface area contributed by atoms with Crippen molar-refractivity contribution in [3.05, 3.63) is 35.4 Å². The van der Waals surface area contributed by atoms with Gasteiger partial charge in [-0.1, -0.05) is 29.8 Å². The monoisotopic (exact) mass is 261 g/mol. The Morgan fingerprint density at radius 2 is 1.84 bits per heavy atom. The van der Waals surface area contributed by atoms with Crippen molar-refractivity contribution in [1.82, 2.24) is 5.32 Å². The van der Waals surface area contributed by atoms with Crippen molar-refractivity contribution in [2.45, 2.75) is 32.7 Å². The predicted octanol–water partition coefficient (Wildman–Crippen LogP) is 2.11. The second-order valence-corrected chi connectivity index (χ2v) is 5.25. The average molecular weight is 261 g/mol. The number of aryl methyl sites for hydroxylation is 1. The van der Waals surface area contributed by atoms with E-state index in [1.54, 1.807) is 0 Å². The quantitative estimate of drug-likeness (QED) is 0.872. The SMILES string of the molecule is Cc1ccc(CNC(=O)C2CCC(C(=O)O)C2)cc1. The van der Waals surface area contributed by atoms with Gasteiger partial charge in [-0.2, -0.15) is 0 Å². The Kier molecular flexibility index (Phi) is 4.20. The molecule has 4 heteroatoms. The number of benzene rings is 1. The number of hydrogen-bond donors (Lipinski definition) is 2. The van der Waals surface area contributed by atoms with Crippen molar-refractivity contribution in [3.8, 4) is 0 Å². The van der Waals surface area contributed by atoms with Gasteiger partial charge in [0.1, 0.15) is 0 Å². The minimum Gasteiger partial charge on any atom is -0.481 e. The number of carbonyl (C=O) groups excluding carboxylic acids is 1. The van der Waals surface area contributed by atoms with Gasteiger partial charge < -0.3 is 10.4 Å². The van der Waals surface area contributed by atoms with Crippen LogP contribution in [0.25, 0.3) is 0 Å². The topological polar surface area (TPSA) is 66.4 Å². The van der Waals surface area contributed by atoms with Crippen molar-refractivity contribution >= 4 is 11.9 Å². The molecule has 0 radical (unpaired) electrons. The van der Waals surface area contributed by atoms with Crippen molar-refractivity contribution < 1.29 is 14.7 Å². The zero-order valence-electron chi connectivity index (χ0n) is 11.1. The van der Waals surface area contributed by atoms with Gasteiger partial charge in [0.15, 0.2) is 0 Å². The van der Waals surface area contributed by atoms with Crippen molar-refractivity contribution in [2.24, 2.45) is 11.8 Å². The Labute approximate surface area is 112 Å². The van der Waals surface area contributed by atoms with E-state index in [-0.39, 0.29) is 17.7 Å². The smallest absolute Gasteiger partial charge is 0.306 e. The maximum absolute atomic E-state index is 11.9. The van der Waals surface area contributed by atoms with Crippen molar-refractivity contribution in [1.29, 1.82) is 0 Å². The van der Waals surface area contributed by atoms with Crippen LogP contribution in [0, 0.1) is 18.8 Å². The first-order chi connectivity index (χ1) is 9.06. The third-order valence-corrected chi connectivity index (χ3v) is 3.74. The first-order valence-electron chi connectivity index (χ1n) is 6.62. The lowest BCUT2D eigenvalue weighted by molar-refractivity contribution is -0.141. The number of carbonyl (C=O) groups is 2. The van der Waals surface area contributed by atoms with Gasteiger partial charge in [0.05, 0.1) is 5.92 Å². The summed E-state index contributed by atoms with van der Waals surface area (Å²) in [5, 5.41) is 11.8. The van der Waals surface area contributed by atoms with Gasteiger partial charge in [-0.25, -0.2) is 0 Å². The van der Waals surface area contributed by atoms with Gasteiger partial charge in [-0.3, -0.25) is 9.59 Å². The lowest BCUT2D eigenvalue weighted by Crippen LogP contribution is -2.29. The molecule has 1 aliphatic rings. The van der Waals surface area contributed by atoms with Crippen LogP contribution in [-0.4, -0.2) is 17.0 Å². The number of nitrogens with one attached hydrogen (secondary N) is 1. The Balaban J connectivity index is 1.82. The lowest BCUT2D eigenvalue weighted by atomic mass is 10.0. The van der Waals surface area contributed by atoms with E-state index < -0.39 is 5.97 Å². The number of carboxylic acids is 1. The summed E-state index contributed by atoms with van der Waals surface area (Å²) in [7, 11) is 0. The fraction of sp³-hybridized carbons (Fsp3) is 0.467. The molecule has 2 rings (SSSR count). The molecule has 2 unspecified atom stereocenters. The van der Waals surface area contributed by atoms with Crippen LogP contribution in [0.15, 0.2) is 24.3 Å². The highest BCUT2D eigenvalue weighted by Gasteiger charge is 2.33. The minimum absolute atomic E-state index is 0.0238. The molecule has 1 fully saturated rings. The Morgan fingerprint density at radius 3 is 2.42 bits per heavy atom. The molecule has 102 valence electrons.